The number of anilines is 6. The number of hydrogen-bond acceptors (Lipinski definition) is 3. The minimum atomic E-state index is -0.0396. The van der Waals surface area contributed by atoms with Crippen LogP contribution in [0.2, 0.25) is 0 Å². The topological polar surface area (TPSA) is 19.6 Å². The largest absolute Gasteiger partial charge is 0.455 e. The lowest BCUT2D eigenvalue weighted by Gasteiger charge is -2.45. The molecule has 65 heavy (non-hydrogen) atoms. The van der Waals surface area contributed by atoms with Crippen LogP contribution < -0.4 is 26.2 Å². The van der Waals surface area contributed by atoms with Gasteiger partial charge in [-0.2, -0.15) is 0 Å². The van der Waals surface area contributed by atoms with Gasteiger partial charge in [0.25, 0.3) is 6.71 Å². The summed E-state index contributed by atoms with van der Waals surface area (Å²) in [5, 5.41) is 2.29. The fourth-order valence-corrected chi connectivity index (χ4v) is 10.4. The van der Waals surface area contributed by atoms with E-state index < -0.39 is 0 Å². The summed E-state index contributed by atoms with van der Waals surface area (Å²) in [6.07, 6.45) is 0. The van der Waals surface area contributed by atoms with Crippen LogP contribution in [0, 0.1) is 6.92 Å². The van der Waals surface area contributed by atoms with Gasteiger partial charge in [-0.3, -0.25) is 0 Å². The molecule has 0 amide bonds. The summed E-state index contributed by atoms with van der Waals surface area (Å²) in [5.74, 6) is 0. The molecule has 3 nitrogen and oxygen atoms in total. The molecule has 4 heteroatoms. The third-order valence-corrected chi connectivity index (χ3v) is 14.0. The highest BCUT2D eigenvalue weighted by atomic mass is 16.3. The van der Waals surface area contributed by atoms with Crippen molar-refractivity contribution in [2.45, 2.75) is 85.5 Å². The maximum Gasteiger partial charge on any atom is 0.252 e. The average Bonchev–Trinajstić information content (AvgIpc) is 3.67. The molecule has 0 radical (unpaired) electrons. The van der Waals surface area contributed by atoms with Crippen molar-refractivity contribution < 1.29 is 4.42 Å². The standard InChI is InChI=1S/C61H57BN2O/c1-38-33-54-57-55(34-38)64(51-32-27-41(59(2,3)4)35-48(51)39-17-12-11-13-18-39)53-37-43(61(8,9)10)26-31-50(53)62(57)49-30-25-42(60(5,6)7)36-52(49)63(54)44-28-23-40(24-29-44)45-20-16-21-47-46-19-14-15-22-56(46)65-58(45)47/h11-37H,1-10H3. The molecule has 8 aromatic carbocycles. The maximum atomic E-state index is 6.52. The normalized spacial score (nSPS) is 13.6. The minimum Gasteiger partial charge on any atom is -0.455 e. The first-order valence-corrected chi connectivity index (χ1v) is 23.3. The summed E-state index contributed by atoms with van der Waals surface area (Å²) in [5.41, 5.74) is 22.8. The van der Waals surface area contributed by atoms with Gasteiger partial charge in [0, 0.05) is 50.3 Å². The molecule has 0 saturated heterocycles. The van der Waals surface area contributed by atoms with Crippen LogP contribution in [0.3, 0.4) is 0 Å². The smallest absolute Gasteiger partial charge is 0.252 e. The summed E-state index contributed by atoms with van der Waals surface area (Å²) in [4.78, 5) is 5.15. The average molecular weight is 845 g/mol. The van der Waals surface area contributed by atoms with Gasteiger partial charge in [-0.25, -0.2) is 0 Å². The molecule has 0 unspecified atom stereocenters. The minimum absolute atomic E-state index is 0.0148. The Morgan fingerprint density at radius 1 is 0.415 bits per heavy atom. The van der Waals surface area contributed by atoms with Gasteiger partial charge < -0.3 is 14.2 Å². The molecule has 11 rings (SSSR count). The molecule has 1 aromatic heterocycles. The molecule has 3 heterocycles. The van der Waals surface area contributed by atoms with E-state index in [9.17, 15) is 0 Å². The monoisotopic (exact) mass is 844 g/mol. The Morgan fingerprint density at radius 2 is 0.954 bits per heavy atom. The molecule has 0 spiro atoms. The molecule has 0 aliphatic carbocycles. The number of furan rings is 1. The number of hydrogen-bond donors (Lipinski definition) is 0. The molecular weight excluding hydrogens is 787 g/mol. The second-order valence-corrected chi connectivity index (χ2v) is 21.5. The Morgan fingerprint density at radius 3 is 1.60 bits per heavy atom. The third kappa shape index (κ3) is 6.71. The number of nitrogens with zero attached hydrogens (tertiary/aromatic N) is 2. The van der Waals surface area contributed by atoms with Crippen molar-refractivity contribution in [1.82, 2.24) is 0 Å². The Hall–Kier alpha value is -6.78. The molecule has 9 aromatic rings. The van der Waals surface area contributed by atoms with Crippen LogP contribution in [-0.4, -0.2) is 6.71 Å². The quantitative estimate of drug-likeness (QED) is 0.165. The third-order valence-electron chi connectivity index (χ3n) is 14.0. The Balaban J connectivity index is 1.17. The van der Waals surface area contributed by atoms with Crippen molar-refractivity contribution in [3.8, 4) is 22.3 Å². The molecule has 0 fully saturated rings. The van der Waals surface area contributed by atoms with E-state index in [4.69, 9.17) is 4.42 Å². The summed E-state index contributed by atoms with van der Waals surface area (Å²) in [6.45, 7) is 23.2. The lowest BCUT2D eigenvalue weighted by Crippen LogP contribution is -2.61. The molecule has 2 aliphatic rings. The molecule has 0 N–H and O–H groups in total. The lowest BCUT2D eigenvalue weighted by atomic mass is 9.33. The van der Waals surface area contributed by atoms with E-state index >= 15 is 0 Å². The summed E-state index contributed by atoms with van der Waals surface area (Å²) < 4.78 is 6.52. The van der Waals surface area contributed by atoms with Gasteiger partial charge in [0.15, 0.2) is 0 Å². The zero-order valence-corrected chi connectivity index (χ0v) is 39.5. The van der Waals surface area contributed by atoms with E-state index in [1.807, 2.05) is 6.07 Å². The highest BCUT2D eigenvalue weighted by Gasteiger charge is 2.44. The van der Waals surface area contributed by atoms with Gasteiger partial charge in [-0.05, 0) is 128 Å². The maximum absolute atomic E-state index is 6.52. The van der Waals surface area contributed by atoms with Crippen molar-refractivity contribution in [2.75, 3.05) is 9.80 Å². The van der Waals surface area contributed by atoms with Crippen LogP contribution in [-0.2, 0) is 16.2 Å². The number of aryl methyl sites for hydroxylation is 1. The Kier molecular flexibility index (Phi) is 9.22. The fourth-order valence-electron chi connectivity index (χ4n) is 10.4. The molecular formula is C61H57BN2O. The van der Waals surface area contributed by atoms with Gasteiger partial charge in [0.2, 0.25) is 0 Å². The summed E-state index contributed by atoms with van der Waals surface area (Å²) in [7, 11) is 0. The van der Waals surface area contributed by atoms with E-state index in [1.165, 1.54) is 78.2 Å². The van der Waals surface area contributed by atoms with Crippen molar-refractivity contribution in [1.29, 1.82) is 0 Å². The fraction of sp³-hybridized carbons (Fsp3) is 0.213. The summed E-state index contributed by atoms with van der Waals surface area (Å²) in [6, 6.07) is 61.6. The zero-order chi connectivity index (χ0) is 45.2. The van der Waals surface area contributed by atoms with Crippen molar-refractivity contribution in [3.63, 3.8) is 0 Å². The lowest BCUT2D eigenvalue weighted by molar-refractivity contribution is 0.590. The SMILES string of the molecule is Cc1cc2c3c(c1)N(c1ccc(C(C)(C)C)cc1-c1ccccc1)c1cc(C(C)(C)C)ccc1B3c1ccc(C(C)(C)C)cc1N2c1ccc(-c2cccc3c2oc2ccccc23)cc1. The van der Waals surface area contributed by atoms with E-state index in [2.05, 4.69) is 237 Å². The van der Waals surface area contributed by atoms with Gasteiger partial charge in [-0.1, -0.05) is 172 Å². The number of benzene rings is 8. The molecule has 0 atom stereocenters. The molecule has 0 saturated carbocycles. The predicted molar refractivity (Wildman–Crippen MR) is 279 cm³/mol. The van der Waals surface area contributed by atoms with Crippen molar-refractivity contribution >= 4 is 79.2 Å². The van der Waals surface area contributed by atoms with Gasteiger partial charge in [0.1, 0.15) is 11.2 Å². The molecule has 0 bridgehead atoms. The van der Waals surface area contributed by atoms with Crippen LogP contribution in [0.15, 0.2) is 168 Å². The van der Waals surface area contributed by atoms with Gasteiger partial charge in [0.05, 0.1) is 5.69 Å². The van der Waals surface area contributed by atoms with Crippen LogP contribution in [0.4, 0.5) is 34.1 Å². The van der Waals surface area contributed by atoms with Crippen molar-refractivity contribution in [2.24, 2.45) is 0 Å². The number of rotatable bonds is 4. The molecule has 2 aliphatic heterocycles. The zero-order valence-electron chi connectivity index (χ0n) is 39.5. The Bertz CT molecular complexity index is 3340. The van der Waals surface area contributed by atoms with Crippen LogP contribution in [0.25, 0.3) is 44.2 Å². The second-order valence-electron chi connectivity index (χ2n) is 21.5. The van der Waals surface area contributed by atoms with E-state index in [-0.39, 0.29) is 23.0 Å². The van der Waals surface area contributed by atoms with Crippen LogP contribution in [0.1, 0.15) is 84.6 Å². The van der Waals surface area contributed by atoms with Gasteiger partial charge >= 0.3 is 0 Å². The molecule has 320 valence electrons. The number of para-hydroxylation sites is 2. The van der Waals surface area contributed by atoms with Gasteiger partial charge in [-0.15, -0.1) is 0 Å². The van der Waals surface area contributed by atoms with E-state index in [0.29, 0.717) is 0 Å². The second kappa shape index (κ2) is 14.6. The first-order valence-electron chi connectivity index (χ1n) is 23.3. The van der Waals surface area contributed by atoms with Crippen LogP contribution >= 0.6 is 0 Å². The highest BCUT2D eigenvalue weighted by molar-refractivity contribution is 7.00. The highest BCUT2D eigenvalue weighted by Crippen LogP contribution is 2.49. The predicted octanol–water partition coefficient (Wildman–Crippen LogP) is 15.2. The number of fused-ring (bicyclic) bond motifs is 7. The summed E-state index contributed by atoms with van der Waals surface area (Å²) >= 11 is 0. The first kappa shape index (κ1) is 41.0. The van der Waals surface area contributed by atoms with Crippen LogP contribution in [0.5, 0.6) is 0 Å². The van der Waals surface area contributed by atoms with E-state index in [0.717, 1.165) is 38.8 Å². The Labute approximate surface area is 385 Å². The van der Waals surface area contributed by atoms with Crippen molar-refractivity contribution in [3.05, 3.63) is 186 Å². The first-order chi connectivity index (χ1) is 31.0. The van der Waals surface area contributed by atoms with E-state index in [1.54, 1.807) is 0 Å².